The molecule has 0 fully saturated rings. The second kappa shape index (κ2) is 15.7. The van der Waals surface area contributed by atoms with Gasteiger partial charge in [-0.15, -0.1) is 0 Å². The summed E-state index contributed by atoms with van der Waals surface area (Å²) in [5.74, 6) is 3.08. The first kappa shape index (κ1) is 37.1. The summed E-state index contributed by atoms with van der Waals surface area (Å²) >= 11 is 0. The molecule has 0 saturated carbocycles. The number of rotatable bonds is 8. The van der Waals surface area contributed by atoms with Gasteiger partial charge in [0.25, 0.3) is 0 Å². The molecule has 0 amide bonds. The summed E-state index contributed by atoms with van der Waals surface area (Å²) in [7, 11) is 6.72. The number of nitrogens with one attached hydrogen (secondary N) is 2. The minimum Gasteiger partial charge on any atom is -0.497 e. The van der Waals surface area contributed by atoms with Crippen LogP contribution in [0.4, 0.5) is 0 Å². The average Bonchev–Trinajstić information content (AvgIpc) is 4.06. The number of aromatic nitrogens is 4. The second-order valence-corrected chi connectivity index (χ2v) is 13.5. The first-order chi connectivity index (χ1) is 27.5. The molecule has 7 aromatic rings. The van der Waals surface area contributed by atoms with Crippen LogP contribution in [-0.4, -0.2) is 48.4 Å². The molecule has 0 unspecified atom stereocenters. The average molecular weight is 794 g/mol. The van der Waals surface area contributed by atoms with Crippen molar-refractivity contribution in [2.24, 2.45) is 0 Å². The Bertz CT molecular complexity index is 2820. The summed E-state index contributed by atoms with van der Waals surface area (Å²) < 4.78 is 22.4. The van der Waals surface area contributed by atoms with Crippen LogP contribution in [-0.2, 0) is 16.8 Å². The summed E-state index contributed by atoms with van der Waals surface area (Å²) in [5, 5.41) is 0. The van der Waals surface area contributed by atoms with E-state index in [2.05, 4.69) is 94.9 Å². The van der Waals surface area contributed by atoms with Gasteiger partial charge in [-0.05, 0) is 119 Å². The molecule has 57 heavy (non-hydrogen) atoms. The van der Waals surface area contributed by atoms with Crippen LogP contribution < -0.4 is 18.9 Å². The van der Waals surface area contributed by atoms with E-state index in [1.165, 1.54) is 0 Å². The van der Waals surface area contributed by atoms with Crippen molar-refractivity contribution in [1.82, 2.24) is 19.9 Å². The van der Waals surface area contributed by atoms with E-state index in [1.54, 1.807) is 28.4 Å². The largest absolute Gasteiger partial charge is 0.497 e. The van der Waals surface area contributed by atoms with Crippen molar-refractivity contribution in [3.05, 3.63) is 156 Å². The number of methoxy groups -OCH3 is 4. The molecule has 9 heteroatoms. The fourth-order valence-electron chi connectivity index (χ4n) is 7.39. The fraction of sp³-hybridized carbons (Fsp3) is 0.0833. The quantitative estimate of drug-likeness (QED) is 0.159. The van der Waals surface area contributed by atoms with Gasteiger partial charge < -0.3 is 28.9 Å². The smallest absolute Gasteiger partial charge is 0.118 e. The van der Waals surface area contributed by atoms with Crippen LogP contribution in [0, 0.1) is 0 Å². The topological polar surface area (TPSA) is 94.3 Å². The van der Waals surface area contributed by atoms with Crippen LogP contribution in [0.15, 0.2) is 127 Å². The molecule has 2 aliphatic rings. The minimum atomic E-state index is 0. The van der Waals surface area contributed by atoms with E-state index in [9.17, 15) is 0 Å². The second-order valence-electron chi connectivity index (χ2n) is 13.5. The normalized spacial score (nSPS) is 11.8. The van der Waals surface area contributed by atoms with Gasteiger partial charge in [0.15, 0.2) is 0 Å². The van der Waals surface area contributed by atoms with E-state index in [4.69, 9.17) is 28.9 Å². The monoisotopic (exact) mass is 793 g/mol. The molecule has 0 aliphatic carbocycles. The summed E-state index contributed by atoms with van der Waals surface area (Å²) in [6.07, 6.45) is 6.24. The van der Waals surface area contributed by atoms with Crippen molar-refractivity contribution in [1.29, 1.82) is 0 Å². The Morgan fingerprint density at radius 2 is 0.860 bits per heavy atom. The Balaban J connectivity index is 0.00000455. The zero-order chi connectivity index (χ0) is 38.2. The Morgan fingerprint density at radius 3 is 1.37 bits per heavy atom. The van der Waals surface area contributed by atoms with Crippen molar-refractivity contribution in [2.75, 3.05) is 28.4 Å². The van der Waals surface area contributed by atoms with Crippen molar-refractivity contribution in [2.45, 2.75) is 0 Å². The predicted molar refractivity (Wildman–Crippen MR) is 226 cm³/mol. The molecule has 3 aromatic heterocycles. The van der Waals surface area contributed by atoms with Gasteiger partial charge >= 0.3 is 0 Å². The number of benzene rings is 4. The van der Waals surface area contributed by atoms with E-state index < -0.39 is 0 Å². The minimum absolute atomic E-state index is 0. The number of fused-ring (bicyclic) bond motifs is 8. The Hall–Kier alpha value is -6.81. The van der Waals surface area contributed by atoms with Gasteiger partial charge in [-0.2, -0.15) is 0 Å². The number of nitrogens with zero attached hydrogens (tertiary/aromatic N) is 2. The van der Waals surface area contributed by atoms with Gasteiger partial charge in [-0.1, -0.05) is 48.5 Å². The molecule has 1 radical (unpaired) electrons. The van der Waals surface area contributed by atoms with Gasteiger partial charge in [-0.3, -0.25) is 0 Å². The number of hydrogen-bond donors (Lipinski definition) is 2. The molecule has 0 atom stereocenters. The summed E-state index contributed by atoms with van der Waals surface area (Å²) in [5.41, 5.74) is 14.8. The van der Waals surface area contributed by atoms with E-state index in [0.29, 0.717) is 0 Å². The van der Waals surface area contributed by atoms with E-state index in [1.807, 2.05) is 60.7 Å². The fourth-order valence-corrected chi connectivity index (χ4v) is 7.39. The molecular weight excluding hydrogens is 755 g/mol. The first-order valence-corrected chi connectivity index (χ1v) is 18.3. The molecule has 283 valence electrons. The van der Waals surface area contributed by atoms with Crippen LogP contribution in [0.1, 0.15) is 28.3 Å². The van der Waals surface area contributed by atoms with E-state index in [0.717, 1.165) is 112 Å². The van der Waals surface area contributed by atoms with Crippen LogP contribution in [0.5, 0.6) is 23.0 Å². The first-order valence-electron chi connectivity index (χ1n) is 18.3. The molecule has 2 N–H and O–H groups in total. The zero-order valence-electron chi connectivity index (χ0n) is 31.7. The van der Waals surface area contributed by atoms with Gasteiger partial charge in [0, 0.05) is 55.6 Å². The number of ether oxygens (including phenoxy) is 4. The van der Waals surface area contributed by atoms with Crippen molar-refractivity contribution in [3.63, 3.8) is 0 Å². The maximum atomic E-state index is 5.64. The Kier molecular flexibility index (Phi) is 10.3. The van der Waals surface area contributed by atoms with Crippen molar-refractivity contribution in [3.8, 4) is 56.4 Å². The molecule has 4 aromatic carbocycles. The van der Waals surface area contributed by atoms with E-state index in [-0.39, 0.29) is 16.8 Å². The third-order valence-electron chi connectivity index (χ3n) is 10.2. The standard InChI is InChI=1S/C48H38N4O4.Co/c1-53-38-17-5-29(6-18-38)42-27-37-26-35-14-13-33(49-35)25-34-15-16-36(50-34)28-43-44(30-7-19-39(54-2)20-8-30)45(31-9-21-40(55-3)22-10-31)48(52-43)46(47(42)51-37)32-11-23-41(56-4)24-12-32;/h5-28,49,52H,1-4H3;. The summed E-state index contributed by atoms with van der Waals surface area (Å²) in [4.78, 5) is 18.0. The van der Waals surface area contributed by atoms with Gasteiger partial charge in [0.1, 0.15) is 23.0 Å². The van der Waals surface area contributed by atoms with Crippen LogP contribution >= 0.6 is 0 Å². The SMILES string of the molecule is COc1ccc(C2=Cc3cc4ccc(cc5nc(cc6[nH]c(c(-c7ccc(OC)cc7)c2n3)c(-c2ccc(OC)cc2)c6-c2ccc(OC)cc2)C=C5)[nH]4)cc1.[Co]. The molecule has 2 aliphatic heterocycles. The molecule has 0 saturated heterocycles. The van der Waals surface area contributed by atoms with Gasteiger partial charge in [0.2, 0.25) is 0 Å². The maximum Gasteiger partial charge on any atom is 0.118 e. The Labute approximate surface area is 340 Å². The Morgan fingerprint density at radius 1 is 0.421 bits per heavy atom. The van der Waals surface area contributed by atoms with Crippen LogP contribution in [0.25, 0.3) is 79.2 Å². The molecule has 8 bridgehead atoms. The van der Waals surface area contributed by atoms with Gasteiger partial charge in [0.05, 0.1) is 56.7 Å². The predicted octanol–water partition coefficient (Wildman–Crippen LogP) is 11.1. The summed E-state index contributed by atoms with van der Waals surface area (Å²) in [6.45, 7) is 0. The van der Waals surface area contributed by atoms with E-state index >= 15 is 0 Å². The molecule has 5 heterocycles. The molecule has 0 spiro atoms. The summed E-state index contributed by atoms with van der Waals surface area (Å²) in [6, 6.07) is 43.1. The van der Waals surface area contributed by atoms with Crippen molar-refractivity contribution >= 4 is 45.9 Å². The van der Waals surface area contributed by atoms with Crippen LogP contribution in [0.2, 0.25) is 0 Å². The van der Waals surface area contributed by atoms with Crippen molar-refractivity contribution < 1.29 is 35.7 Å². The molecule has 8 nitrogen and oxygen atoms in total. The third-order valence-corrected chi connectivity index (χ3v) is 10.2. The van der Waals surface area contributed by atoms with Gasteiger partial charge in [-0.25, -0.2) is 9.97 Å². The molecule has 9 rings (SSSR count). The van der Waals surface area contributed by atoms with Crippen LogP contribution in [0.3, 0.4) is 0 Å². The maximum absolute atomic E-state index is 5.64. The number of aromatic amines is 2. The molecular formula is C48H38CoN4O4. The zero-order valence-corrected chi connectivity index (χ0v) is 32.8. The number of hydrogen-bond acceptors (Lipinski definition) is 6. The number of H-pyrrole nitrogens is 2. The third kappa shape index (κ3) is 7.22.